The maximum atomic E-state index is 9.92. The number of hydrogen-bond donors (Lipinski definition) is 0. The molecule has 0 spiro atoms. The molecule has 106 valence electrons. The molecule has 1 aromatic heterocycles. The zero-order valence-electron chi connectivity index (χ0n) is 11.1. The fourth-order valence-electron chi connectivity index (χ4n) is 1.31. The van der Waals surface area contributed by atoms with E-state index in [9.17, 15) is 8.42 Å². The minimum atomic E-state index is -3.66. The maximum Gasteiger partial charge on any atom is 0.399 e. The van der Waals surface area contributed by atoms with Gasteiger partial charge in [-0.15, -0.1) is 0 Å². The highest BCUT2D eigenvalue weighted by Crippen LogP contribution is 2.15. The summed E-state index contributed by atoms with van der Waals surface area (Å²) in [6.07, 6.45) is 2.00. The monoisotopic (exact) mass is 287 g/mol. The third-order valence-electron chi connectivity index (χ3n) is 2.21. The first-order valence-electron chi connectivity index (χ1n) is 5.73. The van der Waals surface area contributed by atoms with Gasteiger partial charge in [0, 0.05) is 6.42 Å². The van der Waals surface area contributed by atoms with Gasteiger partial charge in [-0.1, -0.05) is 19.1 Å². The van der Waals surface area contributed by atoms with Crippen LogP contribution in [0.4, 0.5) is 0 Å². The van der Waals surface area contributed by atoms with Crippen molar-refractivity contribution >= 4 is 21.5 Å². The lowest BCUT2D eigenvalue weighted by molar-refractivity contribution is 0.286. The van der Waals surface area contributed by atoms with Crippen LogP contribution in [0.25, 0.3) is 11.1 Å². The average Bonchev–Trinajstić information content (AvgIpc) is 2.82. The Morgan fingerprint density at radius 3 is 2.32 bits per heavy atom. The van der Waals surface area contributed by atoms with E-state index in [-0.39, 0.29) is 0 Å². The Bertz CT molecular complexity index is 562. The molecule has 2 aromatic rings. The third-order valence-corrected chi connectivity index (χ3v) is 3.03. The summed E-state index contributed by atoms with van der Waals surface area (Å²) in [5, 5.41) is 0. The quantitative estimate of drug-likeness (QED) is 0.858. The molecule has 0 saturated heterocycles. The van der Waals surface area contributed by atoms with Crippen LogP contribution >= 0.6 is 0 Å². The van der Waals surface area contributed by atoms with E-state index in [1.165, 1.54) is 0 Å². The largest absolute Gasteiger partial charge is 0.441 e. The molecule has 6 nitrogen and oxygen atoms in total. The highest BCUT2D eigenvalue weighted by molar-refractivity contribution is 7.81. The maximum absolute atomic E-state index is 9.92. The predicted molar refractivity (Wildman–Crippen MR) is 70.9 cm³/mol. The van der Waals surface area contributed by atoms with Crippen molar-refractivity contribution in [3.8, 4) is 0 Å². The van der Waals surface area contributed by atoms with Gasteiger partial charge in [-0.2, -0.15) is 8.42 Å². The lowest BCUT2D eigenvalue weighted by Gasteiger charge is -1.91. The van der Waals surface area contributed by atoms with Gasteiger partial charge in [0.25, 0.3) is 0 Å². The summed E-state index contributed by atoms with van der Waals surface area (Å²) in [5.41, 5.74) is 1.85. The summed E-state index contributed by atoms with van der Waals surface area (Å²) in [5.74, 6) is 0.846. The summed E-state index contributed by atoms with van der Waals surface area (Å²) < 4.78 is 33.0. The zero-order chi connectivity index (χ0) is 14.3. The molecule has 0 amide bonds. The van der Waals surface area contributed by atoms with Crippen LogP contribution in [0, 0.1) is 0 Å². The van der Waals surface area contributed by atoms with Gasteiger partial charge in [0.15, 0.2) is 11.5 Å². The molecule has 0 aliphatic rings. The molecule has 0 aliphatic carbocycles. The SMILES string of the molecule is CCCc1nc2ccccc2o1.COS(=O)(=O)OC. The Morgan fingerprint density at radius 1 is 1.21 bits per heavy atom. The Morgan fingerprint density at radius 2 is 1.84 bits per heavy atom. The second-order valence-electron chi connectivity index (χ2n) is 3.57. The van der Waals surface area contributed by atoms with Crippen molar-refractivity contribution in [2.24, 2.45) is 0 Å². The average molecular weight is 287 g/mol. The van der Waals surface area contributed by atoms with Crippen molar-refractivity contribution in [3.63, 3.8) is 0 Å². The molecule has 7 heteroatoms. The Kier molecular flexibility index (Phi) is 5.94. The van der Waals surface area contributed by atoms with Gasteiger partial charge in [0.1, 0.15) is 5.52 Å². The van der Waals surface area contributed by atoms with E-state index in [0.717, 1.165) is 44.1 Å². The van der Waals surface area contributed by atoms with Gasteiger partial charge < -0.3 is 4.42 Å². The van der Waals surface area contributed by atoms with Crippen LogP contribution in [0.2, 0.25) is 0 Å². The number of hydrogen-bond acceptors (Lipinski definition) is 6. The van der Waals surface area contributed by atoms with Crippen LogP contribution in [-0.4, -0.2) is 27.6 Å². The first-order chi connectivity index (χ1) is 9.02. The minimum Gasteiger partial charge on any atom is -0.441 e. The molecule has 0 saturated carbocycles. The van der Waals surface area contributed by atoms with Crippen LogP contribution in [0.5, 0.6) is 0 Å². The van der Waals surface area contributed by atoms with Crippen molar-refractivity contribution in [2.75, 3.05) is 14.2 Å². The molecule has 0 radical (unpaired) electrons. The molecule has 0 N–H and O–H groups in total. The minimum absolute atomic E-state index is 0.846. The van der Waals surface area contributed by atoms with Crippen molar-refractivity contribution in [2.45, 2.75) is 19.8 Å². The van der Waals surface area contributed by atoms with Crippen molar-refractivity contribution in [1.82, 2.24) is 4.98 Å². The topological polar surface area (TPSA) is 78.6 Å². The number of oxazole rings is 1. The van der Waals surface area contributed by atoms with E-state index in [4.69, 9.17) is 4.42 Å². The number of rotatable bonds is 4. The summed E-state index contributed by atoms with van der Waals surface area (Å²) in [7, 11) is -1.60. The molecule has 0 aliphatic heterocycles. The van der Waals surface area contributed by atoms with E-state index in [1.807, 2.05) is 24.3 Å². The number of nitrogens with zero attached hydrogens (tertiary/aromatic N) is 1. The normalized spacial score (nSPS) is 11.1. The molecule has 19 heavy (non-hydrogen) atoms. The van der Waals surface area contributed by atoms with Crippen molar-refractivity contribution < 1.29 is 21.2 Å². The van der Waals surface area contributed by atoms with E-state index in [1.54, 1.807) is 0 Å². The third kappa shape index (κ3) is 4.98. The first-order valence-corrected chi connectivity index (χ1v) is 7.06. The second kappa shape index (κ2) is 7.22. The highest BCUT2D eigenvalue weighted by atomic mass is 32.3. The highest BCUT2D eigenvalue weighted by Gasteiger charge is 2.02. The van der Waals surface area contributed by atoms with Gasteiger partial charge in [-0.25, -0.2) is 4.98 Å². The Balaban J connectivity index is 0.000000224. The fourth-order valence-corrected chi connectivity index (χ4v) is 1.44. The van der Waals surface area contributed by atoms with Crippen molar-refractivity contribution in [1.29, 1.82) is 0 Å². The summed E-state index contributed by atoms with van der Waals surface area (Å²) >= 11 is 0. The number of aryl methyl sites for hydroxylation is 1. The van der Waals surface area contributed by atoms with Gasteiger partial charge in [-0.3, -0.25) is 8.37 Å². The summed E-state index contributed by atoms with van der Waals surface area (Å²) in [6, 6.07) is 7.85. The van der Waals surface area contributed by atoms with Gasteiger partial charge >= 0.3 is 10.4 Å². The van der Waals surface area contributed by atoms with Crippen LogP contribution < -0.4 is 0 Å². The lowest BCUT2D eigenvalue weighted by Crippen LogP contribution is -2.02. The van der Waals surface area contributed by atoms with Crippen LogP contribution in [-0.2, 0) is 25.2 Å². The molecule has 1 aromatic carbocycles. The fraction of sp³-hybridized carbons (Fsp3) is 0.417. The van der Waals surface area contributed by atoms with E-state index in [2.05, 4.69) is 20.3 Å². The molecule has 2 rings (SSSR count). The Labute approximate surface area is 112 Å². The number of fused-ring (bicyclic) bond motifs is 1. The summed E-state index contributed by atoms with van der Waals surface area (Å²) in [6.45, 7) is 2.12. The van der Waals surface area contributed by atoms with Crippen LogP contribution in [0.1, 0.15) is 19.2 Å². The van der Waals surface area contributed by atoms with Crippen molar-refractivity contribution in [3.05, 3.63) is 30.2 Å². The van der Waals surface area contributed by atoms with Crippen LogP contribution in [0.3, 0.4) is 0 Å². The van der Waals surface area contributed by atoms with Gasteiger partial charge in [0.05, 0.1) is 14.2 Å². The van der Waals surface area contributed by atoms with Crippen LogP contribution in [0.15, 0.2) is 28.7 Å². The second-order valence-corrected chi connectivity index (χ2v) is 5.05. The summed E-state index contributed by atoms with van der Waals surface area (Å²) in [4.78, 5) is 4.34. The number of benzene rings is 1. The predicted octanol–water partition coefficient (Wildman–Crippen LogP) is 2.30. The van der Waals surface area contributed by atoms with Gasteiger partial charge in [-0.05, 0) is 18.6 Å². The molecule has 0 unspecified atom stereocenters. The molecular formula is C12H17NO5S. The number of para-hydroxylation sites is 2. The molecule has 0 bridgehead atoms. The van der Waals surface area contributed by atoms with Gasteiger partial charge in [0.2, 0.25) is 0 Å². The lowest BCUT2D eigenvalue weighted by atomic mass is 10.3. The van der Waals surface area contributed by atoms with E-state index < -0.39 is 10.4 Å². The first kappa shape index (κ1) is 15.6. The smallest absolute Gasteiger partial charge is 0.399 e. The van der Waals surface area contributed by atoms with E-state index >= 15 is 0 Å². The molecule has 0 atom stereocenters. The zero-order valence-corrected chi connectivity index (χ0v) is 11.9. The molecule has 0 fully saturated rings. The number of aromatic nitrogens is 1. The molecule has 1 heterocycles. The molecular weight excluding hydrogens is 270 g/mol. The Hall–Kier alpha value is -1.44. The van der Waals surface area contributed by atoms with E-state index in [0.29, 0.717) is 0 Å². The standard InChI is InChI=1S/C10H11NO.C2H6O4S/c1-2-5-10-11-8-6-3-4-7-9(8)12-10;1-5-7(3,4)6-2/h3-4,6-7H,2,5H2,1H3;1-2H3.